The van der Waals surface area contributed by atoms with Gasteiger partial charge in [-0.1, -0.05) is 17.8 Å². The van der Waals surface area contributed by atoms with E-state index in [2.05, 4.69) is 25.9 Å². The van der Waals surface area contributed by atoms with Crippen LogP contribution in [0, 0.1) is 0 Å². The van der Waals surface area contributed by atoms with Gasteiger partial charge in [0.05, 0.1) is 18.1 Å². The van der Waals surface area contributed by atoms with Gasteiger partial charge in [0.15, 0.2) is 5.16 Å². The molecule has 4 heterocycles. The van der Waals surface area contributed by atoms with E-state index in [1.165, 1.54) is 37.4 Å². The number of thioether (sulfide) groups is 1. The summed E-state index contributed by atoms with van der Waals surface area (Å²) in [5, 5.41) is 18.1. The summed E-state index contributed by atoms with van der Waals surface area (Å²) in [4.78, 5) is 14.3. The fraction of sp³-hybridized carbons (Fsp3) is 0.429. The van der Waals surface area contributed by atoms with Gasteiger partial charge >= 0.3 is 0 Å². The van der Waals surface area contributed by atoms with Gasteiger partial charge in [0.2, 0.25) is 0 Å². The standard InChI is InChI=1S/C21H21N5O2S2/c27-19(12-30-21-23-22-20(13-5-6-13)25(21)14-7-8-14)26-16(18-4-2-10-29-18)11-15(24-26)17-3-1-9-28-17/h1-4,9-10,13-14,16H,5-8,11-12H2/t16-/m0/s1. The number of hydrazone groups is 1. The Morgan fingerprint density at radius 2 is 2.10 bits per heavy atom. The third kappa shape index (κ3) is 3.39. The zero-order valence-corrected chi connectivity index (χ0v) is 17.9. The van der Waals surface area contributed by atoms with Crippen LogP contribution in [0.15, 0.2) is 50.6 Å². The van der Waals surface area contributed by atoms with E-state index in [9.17, 15) is 4.79 Å². The number of rotatable bonds is 7. The molecule has 30 heavy (non-hydrogen) atoms. The summed E-state index contributed by atoms with van der Waals surface area (Å²) < 4.78 is 7.81. The number of hydrogen-bond acceptors (Lipinski definition) is 7. The monoisotopic (exact) mass is 439 g/mol. The fourth-order valence-electron chi connectivity index (χ4n) is 3.91. The third-order valence-corrected chi connectivity index (χ3v) is 7.61. The van der Waals surface area contributed by atoms with Gasteiger partial charge in [0, 0.05) is 23.3 Å². The van der Waals surface area contributed by atoms with Crippen LogP contribution >= 0.6 is 23.1 Å². The van der Waals surface area contributed by atoms with Crippen molar-refractivity contribution in [3.8, 4) is 0 Å². The number of nitrogens with zero attached hydrogens (tertiary/aromatic N) is 5. The number of carbonyl (C=O) groups is 1. The van der Waals surface area contributed by atoms with E-state index in [4.69, 9.17) is 4.42 Å². The first-order valence-electron chi connectivity index (χ1n) is 10.3. The lowest BCUT2D eigenvalue weighted by molar-refractivity contribution is -0.130. The van der Waals surface area contributed by atoms with E-state index in [-0.39, 0.29) is 11.9 Å². The van der Waals surface area contributed by atoms with Crippen molar-refractivity contribution in [3.05, 3.63) is 52.4 Å². The van der Waals surface area contributed by atoms with Crippen molar-refractivity contribution in [3.63, 3.8) is 0 Å². The van der Waals surface area contributed by atoms with Crippen molar-refractivity contribution in [1.82, 2.24) is 19.8 Å². The molecule has 154 valence electrons. The van der Waals surface area contributed by atoms with Gasteiger partial charge in [-0.15, -0.1) is 21.5 Å². The summed E-state index contributed by atoms with van der Waals surface area (Å²) in [6, 6.07) is 8.25. The highest BCUT2D eigenvalue weighted by molar-refractivity contribution is 7.99. The summed E-state index contributed by atoms with van der Waals surface area (Å²) in [5.41, 5.74) is 0.814. The molecule has 2 aliphatic carbocycles. The Labute approximate surface area is 182 Å². The molecule has 0 unspecified atom stereocenters. The minimum atomic E-state index is -0.0819. The molecule has 2 saturated carbocycles. The Balaban J connectivity index is 1.22. The molecule has 0 saturated heterocycles. The van der Waals surface area contributed by atoms with Crippen LogP contribution in [0.25, 0.3) is 0 Å². The Hall–Kier alpha value is -2.39. The van der Waals surface area contributed by atoms with Crippen molar-refractivity contribution in [2.45, 2.75) is 55.3 Å². The Morgan fingerprint density at radius 3 is 2.80 bits per heavy atom. The fourth-order valence-corrected chi connectivity index (χ4v) is 5.59. The summed E-state index contributed by atoms with van der Waals surface area (Å²) in [7, 11) is 0. The first-order valence-corrected chi connectivity index (χ1v) is 12.2. The van der Waals surface area contributed by atoms with Crippen molar-refractivity contribution >= 4 is 34.7 Å². The molecule has 6 rings (SSSR count). The van der Waals surface area contributed by atoms with Crippen LogP contribution < -0.4 is 0 Å². The minimum absolute atomic E-state index is 0.0155. The number of furan rings is 1. The molecule has 3 aromatic heterocycles. The molecule has 7 nitrogen and oxygen atoms in total. The number of carbonyl (C=O) groups excluding carboxylic acids is 1. The molecule has 0 aromatic carbocycles. The van der Waals surface area contributed by atoms with E-state index in [0.29, 0.717) is 24.1 Å². The predicted molar refractivity (Wildman–Crippen MR) is 115 cm³/mol. The van der Waals surface area contributed by atoms with Crippen LogP contribution in [0.3, 0.4) is 0 Å². The second kappa shape index (κ2) is 7.39. The van der Waals surface area contributed by atoms with Gasteiger partial charge in [-0.25, -0.2) is 5.01 Å². The average Bonchev–Trinajstić information content (AvgIpc) is 3.49. The smallest absolute Gasteiger partial charge is 0.253 e. The van der Waals surface area contributed by atoms with E-state index >= 15 is 0 Å². The zero-order chi connectivity index (χ0) is 20.1. The molecule has 1 aliphatic heterocycles. The number of thiophene rings is 1. The minimum Gasteiger partial charge on any atom is -0.463 e. The summed E-state index contributed by atoms with van der Waals surface area (Å²) in [6.07, 6.45) is 7.07. The second-order valence-corrected chi connectivity index (χ2v) is 9.92. The van der Waals surface area contributed by atoms with Crippen LogP contribution in [0.2, 0.25) is 0 Å². The summed E-state index contributed by atoms with van der Waals surface area (Å²) in [5.74, 6) is 2.68. The summed E-state index contributed by atoms with van der Waals surface area (Å²) >= 11 is 3.14. The van der Waals surface area contributed by atoms with E-state index < -0.39 is 0 Å². The maximum atomic E-state index is 13.2. The van der Waals surface area contributed by atoms with Gasteiger partial charge in [-0.05, 0) is 49.3 Å². The van der Waals surface area contributed by atoms with E-state index in [1.807, 2.05) is 23.6 Å². The highest BCUT2D eigenvalue weighted by atomic mass is 32.2. The lowest BCUT2D eigenvalue weighted by Crippen LogP contribution is -2.28. The molecular formula is C21H21N5O2S2. The van der Waals surface area contributed by atoms with Crippen LogP contribution in [0.1, 0.15) is 66.6 Å². The Kier molecular flexibility index (Phi) is 4.53. The second-order valence-electron chi connectivity index (χ2n) is 8.00. The van der Waals surface area contributed by atoms with Gasteiger partial charge in [-0.2, -0.15) is 5.10 Å². The molecule has 0 N–H and O–H groups in total. The lowest BCUT2D eigenvalue weighted by atomic mass is 10.1. The molecule has 1 amide bonds. The van der Waals surface area contributed by atoms with E-state index in [1.54, 1.807) is 22.6 Å². The van der Waals surface area contributed by atoms with Crippen LogP contribution in [-0.2, 0) is 4.79 Å². The first-order chi connectivity index (χ1) is 14.8. The predicted octanol–water partition coefficient (Wildman–Crippen LogP) is 4.61. The molecular weight excluding hydrogens is 418 g/mol. The van der Waals surface area contributed by atoms with Gasteiger partial charge in [-0.3, -0.25) is 4.79 Å². The van der Waals surface area contributed by atoms with Crippen molar-refractivity contribution in [2.24, 2.45) is 5.10 Å². The highest BCUT2D eigenvalue weighted by Gasteiger charge is 2.38. The van der Waals surface area contributed by atoms with Gasteiger partial charge in [0.1, 0.15) is 17.3 Å². The molecule has 0 radical (unpaired) electrons. The van der Waals surface area contributed by atoms with Crippen molar-refractivity contribution < 1.29 is 9.21 Å². The molecule has 2 fully saturated rings. The number of hydrogen-bond donors (Lipinski definition) is 0. The quantitative estimate of drug-likeness (QED) is 0.502. The molecule has 9 heteroatoms. The zero-order valence-electron chi connectivity index (χ0n) is 16.3. The number of aromatic nitrogens is 3. The summed E-state index contributed by atoms with van der Waals surface area (Å²) in [6.45, 7) is 0. The van der Waals surface area contributed by atoms with Crippen molar-refractivity contribution in [1.29, 1.82) is 0 Å². The van der Waals surface area contributed by atoms with Crippen LogP contribution in [0.4, 0.5) is 0 Å². The molecule has 0 bridgehead atoms. The maximum absolute atomic E-state index is 13.2. The normalized spacial score (nSPS) is 21.3. The Morgan fingerprint density at radius 1 is 1.20 bits per heavy atom. The largest absolute Gasteiger partial charge is 0.463 e. The average molecular weight is 440 g/mol. The lowest BCUT2D eigenvalue weighted by Gasteiger charge is -2.20. The molecule has 1 atom stereocenters. The van der Waals surface area contributed by atoms with Crippen LogP contribution in [0.5, 0.6) is 0 Å². The molecule has 3 aromatic rings. The van der Waals surface area contributed by atoms with Gasteiger partial charge in [0.25, 0.3) is 5.91 Å². The van der Waals surface area contributed by atoms with Crippen molar-refractivity contribution in [2.75, 3.05) is 5.75 Å². The SMILES string of the molecule is O=C(CSc1nnc(C2CC2)n1C1CC1)N1N=C(c2ccco2)C[C@H]1c1cccs1. The number of amides is 1. The first kappa shape index (κ1) is 18.4. The third-order valence-electron chi connectivity index (χ3n) is 5.71. The maximum Gasteiger partial charge on any atom is 0.253 e. The van der Waals surface area contributed by atoms with Crippen LogP contribution in [-0.4, -0.2) is 37.1 Å². The Bertz CT molecular complexity index is 1080. The molecule has 3 aliphatic rings. The topological polar surface area (TPSA) is 76.5 Å². The van der Waals surface area contributed by atoms with Gasteiger partial charge < -0.3 is 8.98 Å². The highest BCUT2D eigenvalue weighted by Crippen LogP contribution is 2.46. The van der Waals surface area contributed by atoms with E-state index in [0.717, 1.165) is 27.3 Å². The molecule has 0 spiro atoms.